The summed E-state index contributed by atoms with van der Waals surface area (Å²) in [5, 5.41) is 8.72. The highest BCUT2D eigenvalue weighted by atomic mass is 32.2. The molecular formula is C16H22O2S. The van der Waals surface area contributed by atoms with E-state index in [0.29, 0.717) is 12.3 Å². The molecular weight excluding hydrogens is 256 g/mol. The first kappa shape index (κ1) is 15.9. The van der Waals surface area contributed by atoms with Crippen LogP contribution >= 0.6 is 11.8 Å². The Bertz CT molecular complexity index is 444. The van der Waals surface area contributed by atoms with Gasteiger partial charge in [-0.2, -0.15) is 11.8 Å². The Morgan fingerprint density at radius 3 is 2.79 bits per heavy atom. The number of benzene rings is 1. The first-order chi connectivity index (χ1) is 9.17. The summed E-state index contributed by atoms with van der Waals surface area (Å²) in [4.78, 5) is 0. The van der Waals surface area contributed by atoms with Crippen molar-refractivity contribution in [1.29, 1.82) is 0 Å². The second-order valence-corrected chi connectivity index (χ2v) is 5.74. The summed E-state index contributed by atoms with van der Waals surface area (Å²) >= 11 is 1.91. The fourth-order valence-corrected chi connectivity index (χ4v) is 2.63. The summed E-state index contributed by atoms with van der Waals surface area (Å²) in [6.45, 7) is 4.56. The van der Waals surface area contributed by atoms with Gasteiger partial charge in [-0.1, -0.05) is 25.7 Å². The average Bonchev–Trinajstić information content (AvgIpc) is 2.39. The van der Waals surface area contributed by atoms with Gasteiger partial charge in [-0.15, -0.1) is 0 Å². The molecule has 2 nitrogen and oxygen atoms in total. The quantitative estimate of drug-likeness (QED) is 0.810. The smallest absolute Gasteiger partial charge is 0.122 e. The van der Waals surface area contributed by atoms with E-state index >= 15 is 0 Å². The molecule has 3 heteroatoms. The van der Waals surface area contributed by atoms with Crippen LogP contribution in [0.25, 0.3) is 0 Å². The highest BCUT2D eigenvalue weighted by Gasteiger charge is 2.04. The van der Waals surface area contributed by atoms with E-state index in [1.54, 1.807) is 7.11 Å². The molecule has 0 bridgehead atoms. The Hall–Kier alpha value is -1.11. The maximum atomic E-state index is 8.72. The largest absolute Gasteiger partial charge is 0.496 e. The summed E-state index contributed by atoms with van der Waals surface area (Å²) in [6.07, 6.45) is 0.517. The molecule has 0 heterocycles. The lowest BCUT2D eigenvalue weighted by Gasteiger charge is -2.10. The van der Waals surface area contributed by atoms with E-state index in [-0.39, 0.29) is 6.61 Å². The molecule has 104 valence electrons. The van der Waals surface area contributed by atoms with Crippen molar-refractivity contribution >= 4 is 11.8 Å². The highest BCUT2D eigenvalue weighted by molar-refractivity contribution is 7.98. The van der Waals surface area contributed by atoms with Crippen LogP contribution in [-0.2, 0) is 5.75 Å². The zero-order chi connectivity index (χ0) is 14.1. The molecule has 19 heavy (non-hydrogen) atoms. The van der Waals surface area contributed by atoms with Crippen molar-refractivity contribution in [2.75, 3.05) is 19.5 Å². The Morgan fingerprint density at radius 2 is 2.16 bits per heavy atom. The predicted octanol–water partition coefficient (Wildman–Crippen LogP) is 3.32. The van der Waals surface area contributed by atoms with E-state index in [2.05, 4.69) is 31.8 Å². The predicted molar refractivity (Wildman–Crippen MR) is 82.6 cm³/mol. The molecule has 0 saturated carbocycles. The van der Waals surface area contributed by atoms with Crippen molar-refractivity contribution in [3.8, 4) is 17.6 Å². The normalized spacial score (nSPS) is 10.2. The van der Waals surface area contributed by atoms with E-state index in [1.165, 1.54) is 5.56 Å². The molecule has 1 aromatic rings. The number of methoxy groups -OCH3 is 1. The Labute approximate surface area is 120 Å². The van der Waals surface area contributed by atoms with Gasteiger partial charge in [0.25, 0.3) is 0 Å². The molecule has 0 fully saturated rings. The van der Waals surface area contributed by atoms with Crippen molar-refractivity contribution in [1.82, 2.24) is 0 Å². The van der Waals surface area contributed by atoms with Gasteiger partial charge in [0.2, 0.25) is 0 Å². The number of aliphatic hydroxyl groups is 1. The van der Waals surface area contributed by atoms with Crippen molar-refractivity contribution in [3.05, 3.63) is 29.3 Å². The molecule has 1 aromatic carbocycles. The second-order valence-electron chi connectivity index (χ2n) is 4.71. The van der Waals surface area contributed by atoms with Gasteiger partial charge < -0.3 is 9.84 Å². The zero-order valence-corrected chi connectivity index (χ0v) is 12.7. The third-order valence-corrected chi connectivity index (χ3v) is 3.88. The maximum Gasteiger partial charge on any atom is 0.122 e. The summed E-state index contributed by atoms with van der Waals surface area (Å²) in [6, 6.07) is 6.00. The number of aliphatic hydroxyl groups excluding tert-OH is 1. The first-order valence-corrected chi connectivity index (χ1v) is 7.67. The van der Waals surface area contributed by atoms with Crippen LogP contribution in [0.5, 0.6) is 5.75 Å². The maximum absolute atomic E-state index is 8.72. The van der Waals surface area contributed by atoms with Crippen LogP contribution in [0, 0.1) is 17.8 Å². The van der Waals surface area contributed by atoms with Gasteiger partial charge in [-0.05, 0) is 29.9 Å². The second kappa shape index (κ2) is 8.90. The zero-order valence-electron chi connectivity index (χ0n) is 11.9. The fraction of sp³-hybridized carbons (Fsp3) is 0.500. The third-order valence-electron chi connectivity index (χ3n) is 2.46. The van der Waals surface area contributed by atoms with Crippen molar-refractivity contribution in [2.24, 2.45) is 5.92 Å². The van der Waals surface area contributed by atoms with E-state index in [9.17, 15) is 0 Å². The van der Waals surface area contributed by atoms with E-state index in [1.807, 2.05) is 23.9 Å². The highest BCUT2D eigenvalue weighted by Crippen LogP contribution is 2.25. The molecule has 0 saturated heterocycles. The first-order valence-electron chi connectivity index (χ1n) is 6.51. The summed E-state index contributed by atoms with van der Waals surface area (Å²) in [7, 11) is 1.70. The molecule has 0 atom stereocenters. The average molecular weight is 278 g/mol. The Balaban J connectivity index is 2.76. The van der Waals surface area contributed by atoms with Crippen LogP contribution < -0.4 is 4.74 Å². The minimum atomic E-state index is 0.111. The Morgan fingerprint density at radius 1 is 1.37 bits per heavy atom. The lowest BCUT2D eigenvalue weighted by atomic mass is 10.1. The van der Waals surface area contributed by atoms with Crippen LogP contribution in [-0.4, -0.2) is 24.6 Å². The monoisotopic (exact) mass is 278 g/mol. The van der Waals surface area contributed by atoms with Crippen molar-refractivity contribution in [2.45, 2.75) is 26.0 Å². The van der Waals surface area contributed by atoms with Crippen LogP contribution in [0.1, 0.15) is 31.4 Å². The van der Waals surface area contributed by atoms with Gasteiger partial charge in [0.05, 0.1) is 13.7 Å². The lowest BCUT2D eigenvalue weighted by molar-refractivity contribution is 0.305. The minimum absolute atomic E-state index is 0.111. The van der Waals surface area contributed by atoms with Crippen molar-refractivity contribution < 1.29 is 9.84 Å². The van der Waals surface area contributed by atoms with Crippen LogP contribution in [0.4, 0.5) is 0 Å². The topological polar surface area (TPSA) is 29.5 Å². The lowest BCUT2D eigenvalue weighted by Crippen LogP contribution is -1.95. The van der Waals surface area contributed by atoms with Gasteiger partial charge in [0.1, 0.15) is 5.75 Å². The summed E-state index contributed by atoms with van der Waals surface area (Å²) < 4.78 is 5.38. The summed E-state index contributed by atoms with van der Waals surface area (Å²) in [5.74, 6) is 9.71. The number of hydrogen-bond acceptors (Lipinski definition) is 3. The van der Waals surface area contributed by atoms with E-state index < -0.39 is 0 Å². The van der Waals surface area contributed by atoms with E-state index in [4.69, 9.17) is 9.84 Å². The van der Waals surface area contributed by atoms with Gasteiger partial charge in [-0.25, -0.2) is 0 Å². The molecule has 0 radical (unpaired) electrons. The van der Waals surface area contributed by atoms with Crippen LogP contribution in [0.15, 0.2) is 18.2 Å². The van der Waals surface area contributed by atoms with Crippen molar-refractivity contribution in [3.63, 3.8) is 0 Å². The summed E-state index contributed by atoms with van der Waals surface area (Å²) in [5.41, 5.74) is 2.17. The van der Waals surface area contributed by atoms with E-state index in [0.717, 1.165) is 22.8 Å². The van der Waals surface area contributed by atoms with Crippen LogP contribution in [0.3, 0.4) is 0 Å². The number of hydrogen-bond donors (Lipinski definition) is 1. The number of rotatable bonds is 6. The number of ether oxygens (including phenoxy) is 1. The van der Waals surface area contributed by atoms with Gasteiger partial charge >= 0.3 is 0 Å². The SMILES string of the molecule is COc1ccc(C#CCCO)cc1CSCC(C)C. The van der Waals surface area contributed by atoms with Crippen LogP contribution in [0.2, 0.25) is 0 Å². The molecule has 0 aliphatic rings. The molecule has 0 unspecified atom stereocenters. The van der Waals surface area contributed by atoms with Gasteiger partial charge in [-0.3, -0.25) is 0 Å². The molecule has 1 N–H and O–H groups in total. The molecule has 0 aromatic heterocycles. The molecule has 0 aliphatic carbocycles. The van der Waals surface area contributed by atoms with Gasteiger partial charge in [0.15, 0.2) is 0 Å². The fourth-order valence-electron chi connectivity index (χ4n) is 1.59. The Kier molecular flexibility index (Phi) is 7.47. The van der Waals surface area contributed by atoms with Gasteiger partial charge in [0, 0.05) is 23.3 Å². The standard InChI is InChI=1S/C16H22O2S/c1-13(2)11-19-12-15-10-14(6-4-5-9-17)7-8-16(15)18-3/h7-8,10,13,17H,5,9,11-12H2,1-3H3. The molecule has 0 spiro atoms. The number of thioether (sulfide) groups is 1. The molecule has 0 amide bonds. The molecule has 1 rings (SSSR count). The molecule has 0 aliphatic heterocycles. The minimum Gasteiger partial charge on any atom is -0.496 e. The third kappa shape index (κ3) is 6.04.